The standard InChI is InChI=1S/C20H30N2O2/c1-14-6-5-7-19(17(14)4)21-10-8-18(9-11-21)20(23)22-12-15(2)24-16(3)13-22/h5-7,15-16,18H,8-13H2,1-4H3. The molecule has 4 heteroatoms. The first-order valence-electron chi connectivity index (χ1n) is 9.21. The Kier molecular flexibility index (Phi) is 5.14. The summed E-state index contributed by atoms with van der Waals surface area (Å²) < 4.78 is 5.75. The van der Waals surface area contributed by atoms with E-state index in [0.29, 0.717) is 5.91 Å². The van der Waals surface area contributed by atoms with E-state index in [1.54, 1.807) is 0 Å². The number of anilines is 1. The molecule has 2 heterocycles. The van der Waals surface area contributed by atoms with Gasteiger partial charge in [0.1, 0.15) is 0 Å². The molecule has 1 aromatic rings. The molecule has 2 atom stereocenters. The van der Waals surface area contributed by atoms with Crippen LogP contribution in [0, 0.1) is 19.8 Å². The summed E-state index contributed by atoms with van der Waals surface area (Å²) in [6.07, 6.45) is 2.19. The number of aryl methyl sites for hydroxylation is 1. The Morgan fingerprint density at radius 3 is 2.33 bits per heavy atom. The SMILES string of the molecule is Cc1cccc(N2CCC(C(=O)N3CC(C)OC(C)C3)CC2)c1C. The molecule has 2 saturated heterocycles. The molecule has 2 aliphatic rings. The van der Waals surface area contributed by atoms with E-state index in [-0.39, 0.29) is 18.1 Å². The van der Waals surface area contributed by atoms with Crippen LogP contribution in [0.3, 0.4) is 0 Å². The highest BCUT2D eigenvalue weighted by atomic mass is 16.5. The summed E-state index contributed by atoms with van der Waals surface area (Å²) in [6.45, 7) is 11.9. The van der Waals surface area contributed by atoms with Crippen LogP contribution in [0.25, 0.3) is 0 Å². The lowest BCUT2D eigenvalue weighted by Crippen LogP contribution is -2.51. The molecular formula is C20H30N2O2. The number of ether oxygens (including phenoxy) is 1. The van der Waals surface area contributed by atoms with Gasteiger partial charge in [0.25, 0.3) is 0 Å². The third-order valence-electron chi connectivity index (χ3n) is 5.49. The first kappa shape index (κ1) is 17.3. The zero-order valence-electron chi connectivity index (χ0n) is 15.4. The van der Waals surface area contributed by atoms with E-state index in [9.17, 15) is 4.79 Å². The van der Waals surface area contributed by atoms with Crippen LogP contribution in [0.4, 0.5) is 5.69 Å². The van der Waals surface area contributed by atoms with Crippen molar-refractivity contribution in [3.63, 3.8) is 0 Å². The zero-order valence-corrected chi connectivity index (χ0v) is 15.4. The minimum Gasteiger partial charge on any atom is -0.372 e. The predicted molar refractivity (Wildman–Crippen MR) is 97.4 cm³/mol. The van der Waals surface area contributed by atoms with Crippen molar-refractivity contribution in [3.05, 3.63) is 29.3 Å². The molecule has 0 bridgehead atoms. The lowest BCUT2D eigenvalue weighted by Gasteiger charge is -2.40. The van der Waals surface area contributed by atoms with Gasteiger partial charge in [-0.05, 0) is 57.7 Å². The Balaban J connectivity index is 1.60. The first-order chi connectivity index (χ1) is 11.5. The molecule has 0 spiro atoms. The third kappa shape index (κ3) is 3.59. The van der Waals surface area contributed by atoms with E-state index >= 15 is 0 Å². The summed E-state index contributed by atoms with van der Waals surface area (Å²) in [7, 11) is 0. The molecule has 0 radical (unpaired) electrons. The molecule has 0 N–H and O–H groups in total. The molecule has 0 aliphatic carbocycles. The number of carbonyl (C=O) groups excluding carboxylic acids is 1. The average molecular weight is 330 g/mol. The first-order valence-corrected chi connectivity index (χ1v) is 9.21. The van der Waals surface area contributed by atoms with Crippen LogP contribution in [0.1, 0.15) is 37.8 Å². The monoisotopic (exact) mass is 330 g/mol. The number of nitrogens with zero attached hydrogens (tertiary/aromatic N) is 2. The number of carbonyl (C=O) groups is 1. The third-order valence-corrected chi connectivity index (χ3v) is 5.49. The molecule has 3 rings (SSSR count). The molecule has 4 nitrogen and oxygen atoms in total. The highest BCUT2D eigenvalue weighted by Crippen LogP contribution is 2.29. The molecule has 2 fully saturated rings. The minimum atomic E-state index is 0.146. The normalized spacial score (nSPS) is 25.8. The molecule has 1 aromatic carbocycles. The quantitative estimate of drug-likeness (QED) is 0.835. The lowest BCUT2D eigenvalue weighted by molar-refractivity contribution is -0.148. The Bertz CT molecular complexity index is 583. The molecular weight excluding hydrogens is 300 g/mol. The second-order valence-corrected chi connectivity index (χ2v) is 7.48. The van der Waals surface area contributed by atoms with Gasteiger partial charge < -0.3 is 14.5 Å². The fraction of sp³-hybridized carbons (Fsp3) is 0.650. The van der Waals surface area contributed by atoms with E-state index in [0.717, 1.165) is 39.0 Å². The summed E-state index contributed by atoms with van der Waals surface area (Å²) in [4.78, 5) is 17.3. The molecule has 0 saturated carbocycles. The van der Waals surface area contributed by atoms with Gasteiger partial charge in [0.2, 0.25) is 5.91 Å². The number of benzene rings is 1. The number of morpholine rings is 1. The molecule has 132 valence electrons. The van der Waals surface area contributed by atoms with Gasteiger partial charge >= 0.3 is 0 Å². The molecule has 2 aliphatic heterocycles. The van der Waals surface area contributed by atoms with Crippen molar-refractivity contribution >= 4 is 11.6 Å². The van der Waals surface area contributed by atoms with Gasteiger partial charge in [0, 0.05) is 37.8 Å². The summed E-state index contributed by atoms with van der Waals surface area (Å²) >= 11 is 0. The highest BCUT2D eigenvalue weighted by molar-refractivity contribution is 5.79. The van der Waals surface area contributed by atoms with E-state index in [1.165, 1.54) is 16.8 Å². The highest BCUT2D eigenvalue weighted by Gasteiger charge is 2.32. The van der Waals surface area contributed by atoms with Gasteiger partial charge in [-0.1, -0.05) is 12.1 Å². The topological polar surface area (TPSA) is 32.8 Å². The maximum atomic E-state index is 12.9. The molecule has 2 unspecified atom stereocenters. The fourth-order valence-electron chi connectivity index (χ4n) is 4.06. The molecule has 24 heavy (non-hydrogen) atoms. The second-order valence-electron chi connectivity index (χ2n) is 7.48. The van der Waals surface area contributed by atoms with E-state index in [1.807, 2.05) is 4.90 Å². The van der Waals surface area contributed by atoms with Crippen molar-refractivity contribution in [2.75, 3.05) is 31.1 Å². The Morgan fingerprint density at radius 2 is 1.71 bits per heavy atom. The van der Waals surface area contributed by atoms with Crippen LogP contribution in [0.15, 0.2) is 18.2 Å². The predicted octanol–water partition coefficient (Wildman–Crippen LogP) is 3.16. The van der Waals surface area contributed by atoms with Crippen molar-refractivity contribution in [2.24, 2.45) is 5.92 Å². The number of hydrogen-bond acceptors (Lipinski definition) is 3. The van der Waals surface area contributed by atoms with Crippen molar-refractivity contribution < 1.29 is 9.53 Å². The lowest BCUT2D eigenvalue weighted by atomic mass is 9.93. The van der Waals surface area contributed by atoms with Gasteiger partial charge in [-0.15, -0.1) is 0 Å². The van der Waals surface area contributed by atoms with Gasteiger partial charge in [-0.2, -0.15) is 0 Å². The number of piperidine rings is 1. The molecule has 0 aromatic heterocycles. The Hall–Kier alpha value is -1.55. The van der Waals surface area contributed by atoms with E-state index in [2.05, 4.69) is 50.8 Å². The summed E-state index contributed by atoms with van der Waals surface area (Å²) in [5.41, 5.74) is 4.02. The molecule has 1 amide bonds. The van der Waals surface area contributed by atoms with Gasteiger partial charge in [-0.3, -0.25) is 4.79 Å². The van der Waals surface area contributed by atoms with Crippen LogP contribution in [0.5, 0.6) is 0 Å². The van der Waals surface area contributed by atoms with Crippen LogP contribution >= 0.6 is 0 Å². The summed E-state index contributed by atoms with van der Waals surface area (Å²) in [6, 6.07) is 6.50. The maximum Gasteiger partial charge on any atom is 0.225 e. The maximum absolute atomic E-state index is 12.9. The smallest absolute Gasteiger partial charge is 0.225 e. The van der Waals surface area contributed by atoms with Crippen LogP contribution in [0.2, 0.25) is 0 Å². The van der Waals surface area contributed by atoms with Crippen molar-refractivity contribution in [1.29, 1.82) is 0 Å². The Morgan fingerprint density at radius 1 is 1.08 bits per heavy atom. The fourth-order valence-corrected chi connectivity index (χ4v) is 4.06. The second kappa shape index (κ2) is 7.14. The summed E-state index contributed by atoms with van der Waals surface area (Å²) in [5, 5.41) is 0. The van der Waals surface area contributed by atoms with Crippen LogP contribution in [-0.2, 0) is 9.53 Å². The van der Waals surface area contributed by atoms with E-state index < -0.39 is 0 Å². The zero-order chi connectivity index (χ0) is 17.3. The largest absolute Gasteiger partial charge is 0.372 e. The Labute approximate surface area is 145 Å². The van der Waals surface area contributed by atoms with Crippen molar-refractivity contribution in [1.82, 2.24) is 4.90 Å². The number of amides is 1. The van der Waals surface area contributed by atoms with Crippen molar-refractivity contribution in [2.45, 2.75) is 52.7 Å². The number of hydrogen-bond donors (Lipinski definition) is 0. The van der Waals surface area contributed by atoms with Crippen LogP contribution in [-0.4, -0.2) is 49.2 Å². The van der Waals surface area contributed by atoms with Gasteiger partial charge in [0.15, 0.2) is 0 Å². The van der Waals surface area contributed by atoms with Crippen LogP contribution < -0.4 is 4.90 Å². The average Bonchev–Trinajstić information content (AvgIpc) is 2.56. The van der Waals surface area contributed by atoms with Crippen molar-refractivity contribution in [3.8, 4) is 0 Å². The minimum absolute atomic E-state index is 0.146. The van der Waals surface area contributed by atoms with E-state index in [4.69, 9.17) is 4.74 Å². The number of rotatable bonds is 2. The summed E-state index contributed by atoms with van der Waals surface area (Å²) in [5.74, 6) is 0.501. The van der Waals surface area contributed by atoms with Gasteiger partial charge in [0.05, 0.1) is 12.2 Å². The van der Waals surface area contributed by atoms with Gasteiger partial charge in [-0.25, -0.2) is 0 Å².